The van der Waals surface area contributed by atoms with E-state index in [0.717, 1.165) is 0 Å². The molecule has 88 valence electrons. The zero-order valence-electron chi connectivity index (χ0n) is 9.11. The maximum Gasteiger partial charge on any atom is 0.371 e. The summed E-state index contributed by atoms with van der Waals surface area (Å²) in [6.07, 6.45) is 0. The largest absolute Gasteiger partial charge is 0.475 e. The molecule has 0 bridgehead atoms. The quantitative estimate of drug-likeness (QED) is 0.686. The number of amides is 1. The number of nitrogens with one attached hydrogen (secondary N) is 1. The van der Waals surface area contributed by atoms with Gasteiger partial charge >= 0.3 is 5.97 Å². The molecule has 1 amide bonds. The second-order valence-corrected chi connectivity index (χ2v) is 3.98. The molecular formula is C10H14N2O4. The van der Waals surface area contributed by atoms with Crippen molar-refractivity contribution in [2.75, 3.05) is 0 Å². The summed E-state index contributed by atoms with van der Waals surface area (Å²) >= 11 is 0. The number of hydrogen-bond donors (Lipinski definition) is 3. The first kappa shape index (κ1) is 12.3. The van der Waals surface area contributed by atoms with Gasteiger partial charge in [-0.25, -0.2) is 4.79 Å². The van der Waals surface area contributed by atoms with Crippen LogP contribution in [0, 0.1) is 0 Å². The molecule has 0 saturated carbocycles. The fourth-order valence-corrected chi connectivity index (χ4v) is 0.983. The minimum absolute atomic E-state index is 0.118. The van der Waals surface area contributed by atoms with Crippen LogP contribution in [-0.2, 0) is 11.3 Å². The third-order valence-electron chi connectivity index (χ3n) is 1.88. The maximum absolute atomic E-state index is 11.4. The van der Waals surface area contributed by atoms with Crippen molar-refractivity contribution in [1.82, 2.24) is 5.32 Å². The van der Waals surface area contributed by atoms with Gasteiger partial charge in [0, 0.05) is 0 Å². The number of hydrogen-bond acceptors (Lipinski definition) is 4. The zero-order valence-corrected chi connectivity index (χ0v) is 9.11. The van der Waals surface area contributed by atoms with Gasteiger partial charge in [0.25, 0.3) is 0 Å². The summed E-state index contributed by atoms with van der Waals surface area (Å²) in [5.74, 6) is -1.26. The van der Waals surface area contributed by atoms with E-state index in [1.807, 2.05) is 0 Å². The van der Waals surface area contributed by atoms with E-state index in [1.54, 1.807) is 13.8 Å². The van der Waals surface area contributed by atoms with E-state index in [1.165, 1.54) is 12.1 Å². The lowest BCUT2D eigenvalue weighted by atomic mass is 10.1. The third-order valence-corrected chi connectivity index (χ3v) is 1.88. The van der Waals surface area contributed by atoms with Gasteiger partial charge in [-0.05, 0) is 26.0 Å². The number of carbonyl (C=O) groups is 2. The predicted molar refractivity (Wildman–Crippen MR) is 55.8 cm³/mol. The monoisotopic (exact) mass is 226 g/mol. The van der Waals surface area contributed by atoms with Gasteiger partial charge in [0.2, 0.25) is 11.7 Å². The van der Waals surface area contributed by atoms with Crippen molar-refractivity contribution < 1.29 is 19.1 Å². The summed E-state index contributed by atoms with van der Waals surface area (Å²) in [5, 5.41) is 11.1. The molecule has 0 radical (unpaired) electrons. The molecule has 0 aliphatic rings. The molecular weight excluding hydrogens is 212 g/mol. The van der Waals surface area contributed by atoms with E-state index in [4.69, 9.17) is 15.3 Å². The highest BCUT2D eigenvalue weighted by molar-refractivity contribution is 5.85. The highest BCUT2D eigenvalue weighted by atomic mass is 16.4. The van der Waals surface area contributed by atoms with Crippen LogP contribution >= 0.6 is 0 Å². The topological polar surface area (TPSA) is 106 Å². The van der Waals surface area contributed by atoms with E-state index in [9.17, 15) is 9.59 Å². The first-order valence-electron chi connectivity index (χ1n) is 4.70. The molecule has 16 heavy (non-hydrogen) atoms. The molecule has 1 aromatic heterocycles. The average molecular weight is 226 g/mol. The van der Waals surface area contributed by atoms with Crippen molar-refractivity contribution >= 4 is 11.9 Å². The molecule has 1 rings (SSSR count). The van der Waals surface area contributed by atoms with Crippen LogP contribution in [0.25, 0.3) is 0 Å². The van der Waals surface area contributed by atoms with Crippen molar-refractivity contribution in [2.24, 2.45) is 5.73 Å². The molecule has 0 spiro atoms. The molecule has 0 atom stereocenters. The molecule has 0 aliphatic heterocycles. The number of furan rings is 1. The number of carbonyl (C=O) groups excluding carboxylic acids is 1. The Kier molecular flexibility index (Phi) is 3.34. The molecule has 0 fully saturated rings. The van der Waals surface area contributed by atoms with E-state index in [0.29, 0.717) is 5.76 Å². The molecule has 6 heteroatoms. The summed E-state index contributed by atoms with van der Waals surface area (Å²) in [4.78, 5) is 21.9. The molecule has 0 aliphatic carbocycles. The van der Waals surface area contributed by atoms with Crippen molar-refractivity contribution in [3.63, 3.8) is 0 Å². The van der Waals surface area contributed by atoms with Crippen LogP contribution < -0.4 is 11.1 Å². The number of rotatable bonds is 4. The number of carboxylic acids is 1. The van der Waals surface area contributed by atoms with E-state index in [2.05, 4.69) is 5.32 Å². The summed E-state index contributed by atoms with van der Waals surface area (Å²) in [5.41, 5.74) is 4.59. The van der Waals surface area contributed by atoms with Crippen LogP contribution in [0.15, 0.2) is 16.5 Å². The maximum atomic E-state index is 11.4. The van der Waals surface area contributed by atoms with E-state index < -0.39 is 11.5 Å². The Morgan fingerprint density at radius 1 is 1.50 bits per heavy atom. The van der Waals surface area contributed by atoms with Gasteiger partial charge in [-0.15, -0.1) is 0 Å². The van der Waals surface area contributed by atoms with Crippen LogP contribution in [0.5, 0.6) is 0 Å². The summed E-state index contributed by atoms with van der Waals surface area (Å²) in [6, 6.07) is 2.82. The zero-order chi connectivity index (χ0) is 12.3. The van der Waals surface area contributed by atoms with Crippen molar-refractivity contribution in [3.05, 3.63) is 23.7 Å². The third kappa shape index (κ3) is 3.09. The van der Waals surface area contributed by atoms with E-state index >= 15 is 0 Å². The Morgan fingerprint density at radius 3 is 2.56 bits per heavy atom. The van der Waals surface area contributed by atoms with Gasteiger partial charge < -0.3 is 20.6 Å². The van der Waals surface area contributed by atoms with Crippen LogP contribution in [0.2, 0.25) is 0 Å². The minimum Gasteiger partial charge on any atom is -0.475 e. The van der Waals surface area contributed by atoms with Crippen molar-refractivity contribution in [1.29, 1.82) is 0 Å². The molecule has 1 heterocycles. The van der Waals surface area contributed by atoms with Crippen molar-refractivity contribution in [3.8, 4) is 0 Å². The summed E-state index contributed by atoms with van der Waals surface area (Å²) in [6.45, 7) is 3.27. The Balaban J connectivity index is 2.55. The second kappa shape index (κ2) is 4.36. The number of aromatic carboxylic acids is 1. The van der Waals surface area contributed by atoms with Crippen LogP contribution in [0.3, 0.4) is 0 Å². The lowest BCUT2D eigenvalue weighted by Gasteiger charge is -2.16. The predicted octanol–water partition coefficient (Wildman–Crippen LogP) is 0.331. The molecule has 4 N–H and O–H groups in total. The lowest BCUT2D eigenvalue weighted by molar-refractivity contribution is -0.125. The minimum atomic E-state index is -1.14. The van der Waals surface area contributed by atoms with Gasteiger partial charge in [0.1, 0.15) is 5.76 Å². The van der Waals surface area contributed by atoms with Crippen LogP contribution in [0.4, 0.5) is 0 Å². The average Bonchev–Trinajstić information content (AvgIpc) is 2.60. The Hall–Kier alpha value is -1.82. The van der Waals surface area contributed by atoms with Gasteiger partial charge in [-0.3, -0.25) is 4.79 Å². The fourth-order valence-electron chi connectivity index (χ4n) is 0.983. The molecule has 0 saturated heterocycles. The van der Waals surface area contributed by atoms with Crippen LogP contribution in [0.1, 0.15) is 30.2 Å². The highest BCUT2D eigenvalue weighted by Gasteiger charge is 2.21. The lowest BCUT2D eigenvalue weighted by Crippen LogP contribution is -2.48. The van der Waals surface area contributed by atoms with Gasteiger partial charge in [-0.1, -0.05) is 0 Å². The Morgan fingerprint density at radius 2 is 2.12 bits per heavy atom. The summed E-state index contributed by atoms with van der Waals surface area (Å²) in [7, 11) is 0. The standard InChI is InChI=1S/C10H14N2O4/c1-10(2,11)9(15)12-5-6-3-4-7(16-6)8(13)14/h3-4H,5,11H2,1-2H3,(H,12,15)(H,13,14). The fraction of sp³-hybridized carbons (Fsp3) is 0.400. The molecule has 0 aromatic carbocycles. The van der Waals surface area contributed by atoms with Crippen LogP contribution in [-0.4, -0.2) is 22.5 Å². The molecule has 6 nitrogen and oxygen atoms in total. The Labute approximate surface area is 92.4 Å². The SMILES string of the molecule is CC(C)(N)C(=O)NCc1ccc(C(=O)O)o1. The first-order valence-corrected chi connectivity index (χ1v) is 4.70. The Bertz CT molecular complexity index is 403. The van der Waals surface area contributed by atoms with Gasteiger partial charge in [0.15, 0.2) is 0 Å². The first-order chi connectivity index (χ1) is 7.30. The number of carboxylic acid groups (broad SMARTS) is 1. The van der Waals surface area contributed by atoms with Gasteiger partial charge in [-0.2, -0.15) is 0 Å². The summed E-state index contributed by atoms with van der Waals surface area (Å²) < 4.78 is 4.95. The highest BCUT2D eigenvalue weighted by Crippen LogP contribution is 2.07. The van der Waals surface area contributed by atoms with E-state index in [-0.39, 0.29) is 18.2 Å². The van der Waals surface area contributed by atoms with Gasteiger partial charge in [0.05, 0.1) is 12.1 Å². The smallest absolute Gasteiger partial charge is 0.371 e. The second-order valence-electron chi connectivity index (χ2n) is 3.98. The molecule has 1 aromatic rings. The normalized spacial score (nSPS) is 11.2. The number of nitrogens with two attached hydrogens (primary N) is 1. The van der Waals surface area contributed by atoms with Crippen molar-refractivity contribution in [2.45, 2.75) is 25.9 Å². The molecule has 0 unspecified atom stereocenters.